The average Bonchev–Trinajstić information content (AvgIpc) is 2.78. The molecule has 0 saturated carbocycles. The first-order chi connectivity index (χ1) is 15.6. The molecule has 0 aliphatic carbocycles. The number of nitro benzene ring substituents is 1. The molecule has 2 aromatic rings. The number of halogens is 1. The summed E-state index contributed by atoms with van der Waals surface area (Å²) in [4.78, 5) is 47.5. The van der Waals surface area contributed by atoms with E-state index in [9.17, 15) is 28.9 Å². The Balaban J connectivity index is 2.28. The van der Waals surface area contributed by atoms with Gasteiger partial charge in [-0.3, -0.25) is 19.7 Å². The number of hydrogen-bond donors (Lipinski definition) is 2. The van der Waals surface area contributed by atoms with Crippen LogP contribution in [0.2, 0.25) is 0 Å². The van der Waals surface area contributed by atoms with E-state index in [1.165, 1.54) is 56.5 Å². The number of carbonyl (C=O) groups is 3. The van der Waals surface area contributed by atoms with Gasteiger partial charge in [0.2, 0.25) is 11.8 Å². The fourth-order valence-corrected chi connectivity index (χ4v) is 3.18. The number of nitro groups is 1. The third kappa shape index (κ3) is 7.27. The summed E-state index contributed by atoms with van der Waals surface area (Å²) in [5, 5.41) is 16.2. The van der Waals surface area contributed by atoms with E-state index in [0.29, 0.717) is 11.1 Å². The molecule has 0 fully saturated rings. The number of non-ortho nitro benzene ring substituents is 1. The predicted octanol–water partition coefficient (Wildman–Crippen LogP) is 1.69. The second-order valence-corrected chi connectivity index (χ2v) is 7.13. The number of amides is 2. The van der Waals surface area contributed by atoms with Crippen LogP contribution >= 0.6 is 0 Å². The SMILES string of the molecule is COC(=O)[C@H](Cc1cc([N+](=O)[O-])ccc1OC)NC(=O)[C@H](Cc1ccc(F)cc1)NC(C)=O. The number of hydrogen-bond acceptors (Lipinski definition) is 7. The van der Waals surface area contributed by atoms with Crippen LogP contribution in [0.25, 0.3) is 0 Å². The lowest BCUT2D eigenvalue weighted by molar-refractivity contribution is -0.384. The van der Waals surface area contributed by atoms with Crippen LogP contribution in [0.3, 0.4) is 0 Å². The molecule has 0 aliphatic rings. The van der Waals surface area contributed by atoms with Crippen LogP contribution in [0.5, 0.6) is 5.75 Å². The molecular weight excluding hydrogens is 437 g/mol. The molecule has 10 nitrogen and oxygen atoms in total. The van der Waals surface area contributed by atoms with E-state index in [0.717, 1.165) is 7.11 Å². The Kier molecular flexibility index (Phi) is 8.84. The Morgan fingerprint density at radius 1 is 1.03 bits per heavy atom. The van der Waals surface area contributed by atoms with E-state index in [-0.39, 0.29) is 24.3 Å². The second kappa shape index (κ2) is 11.6. The van der Waals surface area contributed by atoms with Crippen LogP contribution in [-0.4, -0.2) is 49.0 Å². The number of benzene rings is 2. The van der Waals surface area contributed by atoms with Gasteiger partial charge in [-0.25, -0.2) is 9.18 Å². The summed E-state index contributed by atoms with van der Waals surface area (Å²) in [6.45, 7) is 1.23. The molecule has 0 aliphatic heterocycles. The van der Waals surface area contributed by atoms with Crippen molar-refractivity contribution in [3.8, 4) is 5.75 Å². The van der Waals surface area contributed by atoms with Crippen LogP contribution in [0.4, 0.5) is 10.1 Å². The summed E-state index contributed by atoms with van der Waals surface area (Å²) >= 11 is 0. The van der Waals surface area contributed by atoms with Crippen molar-refractivity contribution >= 4 is 23.5 Å². The molecule has 2 amide bonds. The van der Waals surface area contributed by atoms with Gasteiger partial charge in [-0.2, -0.15) is 0 Å². The number of nitrogens with zero attached hydrogens (tertiary/aromatic N) is 1. The first-order valence-electron chi connectivity index (χ1n) is 9.85. The van der Waals surface area contributed by atoms with Gasteiger partial charge in [0, 0.05) is 37.5 Å². The molecule has 2 atom stereocenters. The summed E-state index contributed by atoms with van der Waals surface area (Å²) in [7, 11) is 2.50. The Bertz CT molecular complexity index is 1030. The first-order valence-corrected chi connectivity index (χ1v) is 9.85. The van der Waals surface area contributed by atoms with Crippen molar-refractivity contribution in [2.45, 2.75) is 31.8 Å². The Morgan fingerprint density at radius 3 is 2.24 bits per heavy atom. The van der Waals surface area contributed by atoms with Crippen LogP contribution in [0.1, 0.15) is 18.1 Å². The molecule has 0 unspecified atom stereocenters. The maximum atomic E-state index is 13.2. The molecule has 0 radical (unpaired) electrons. The zero-order valence-electron chi connectivity index (χ0n) is 18.3. The standard InChI is InChI=1S/C22H24FN3O7/c1-13(27)24-18(10-14-4-6-16(23)7-5-14)21(28)25-19(22(29)33-3)12-15-11-17(26(30)31)8-9-20(15)32-2/h4-9,11,18-19H,10,12H2,1-3H3,(H,24,27)(H,25,28)/t18-,19-/m0/s1. The fourth-order valence-electron chi connectivity index (χ4n) is 3.18. The van der Waals surface area contributed by atoms with Crippen LogP contribution in [0.15, 0.2) is 42.5 Å². The van der Waals surface area contributed by atoms with Gasteiger partial charge in [0.25, 0.3) is 5.69 Å². The van der Waals surface area contributed by atoms with E-state index in [1.807, 2.05) is 0 Å². The van der Waals surface area contributed by atoms with E-state index >= 15 is 0 Å². The summed E-state index contributed by atoms with van der Waals surface area (Å²) in [5.74, 6) is -2.12. The molecular formula is C22H24FN3O7. The Hall–Kier alpha value is -4.02. The van der Waals surface area contributed by atoms with E-state index in [2.05, 4.69) is 10.6 Å². The number of rotatable bonds is 10. The lowest BCUT2D eigenvalue weighted by Gasteiger charge is -2.22. The van der Waals surface area contributed by atoms with Gasteiger partial charge in [-0.1, -0.05) is 12.1 Å². The maximum Gasteiger partial charge on any atom is 0.328 e. The molecule has 2 N–H and O–H groups in total. The summed E-state index contributed by atoms with van der Waals surface area (Å²) < 4.78 is 23.2. The minimum Gasteiger partial charge on any atom is -0.496 e. The Labute approximate surface area is 189 Å². The van der Waals surface area contributed by atoms with Crippen molar-refractivity contribution < 1.29 is 33.2 Å². The van der Waals surface area contributed by atoms with Crippen molar-refractivity contribution in [3.63, 3.8) is 0 Å². The van der Waals surface area contributed by atoms with Gasteiger partial charge in [0.1, 0.15) is 23.7 Å². The van der Waals surface area contributed by atoms with Crippen molar-refractivity contribution in [2.75, 3.05) is 14.2 Å². The molecule has 0 bridgehead atoms. The van der Waals surface area contributed by atoms with Gasteiger partial charge in [-0.15, -0.1) is 0 Å². The predicted molar refractivity (Wildman–Crippen MR) is 115 cm³/mol. The van der Waals surface area contributed by atoms with E-state index in [1.54, 1.807) is 0 Å². The van der Waals surface area contributed by atoms with Crippen molar-refractivity contribution in [2.24, 2.45) is 0 Å². The molecule has 176 valence electrons. The Morgan fingerprint density at radius 2 is 1.70 bits per heavy atom. The molecule has 2 rings (SSSR count). The minimum atomic E-state index is -1.22. The smallest absolute Gasteiger partial charge is 0.328 e. The number of ether oxygens (including phenoxy) is 2. The third-order valence-corrected chi connectivity index (χ3v) is 4.75. The van der Waals surface area contributed by atoms with Crippen molar-refractivity contribution in [1.82, 2.24) is 10.6 Å². The highest BCUT2D eigenvalue weighted by molar-refractivity contribution is 5.90. The normalized spacial score (nSPS) is 12.2. The number of methoxy groups -OCH3 is 2. The molecule has 11 heteroatoms. The summed E-state index contributed by atoms with van der Waals surface area (Å²) in [5.41, 5.74) is 0.672. The molecule has 33 heavy (non-hydrogen) atoms. The van der Waals surface area contributed by atoms with Gasteiger partial charge in [0.15, 0.2) is 0 Å². The molecule has 0 heterocycles. The highest BCUT2D eigenvalue weighted by Crippen LogP contribution is 2.25. The third-order valence-electron chi connectivity index (χ3n) is 4.75. The van der Waals surface area contributed by atoms with Gasteiger partial charge < -0.3 is 20.1 Å². The van der Waals surface area contributed by atoms with Crippen LogP contribution in [-0.2, 0) is 32.0 Å². The number of nitrogens with one attached hydrogen (secondary N) is 2. The van der Waals surface area contributed by atoms with E-state index in [4.69, 9.17) is 9.47 Å². The zero-order valence-corrected chi connectivity index (χ0v) is 18.3. The average molecular weight is 461 g/mol. The number of esters is 1. The second-order valence-electron chi connectivity index (χ2n) is 7.13. The largest absolute Gasteiger partial charge is 0.496 e. The maximum absolute atomic E-state index is 13.2. The molecule has 0 spiro atoms. The highest BCUT2D eigenvalue weighted by Gasteiger charge is 2.28. The first kappa shape index (κ1) is 25.2. The zero-order chi connectivity index (χ0) is 24.5. The van der Waals surface area contributed by atoms with Crippen molar-refractivity contribution in [3.05, 3.63) is 69.5 Å². The molecule has 0 aromatic heterocycles. The lowest BCUT2D eigenvalue weighted by Crippen LogP contribution is -2.53. The summed E-state index contributed by atoms with van der Waals surface area (Å²) in [6, 6.07) is 7.00. The van der Waals surface area contributed by atoms with Crippen molar-refractivity contribution in [1.29, 1.82) is 0 Å². The van der Waals surface area contributed by atoms with Gasteiger partial charge in [-0.05, 0) is 23.8 Å². The minimum absolute atomic E-state index is 0.0414. The number of carbonyl (C=O) groups excluding carboxylic acids is 3. The van der Waals surface area contributed by atoms with Gasteiger partial charge >= 0.3 is 5.97 Å². The summed E-state index contributed by atoms with van der Waals surface area (Å²) in [6.07, 6.45) is -0.119. The molecule has 2 aromatic carbocycles. The monoisotopic (exact) mass is 461 g/mol. The quantitative estimate of drug-likeness (QED) is 0.312. The van der Waals surface area contributed by atoms with Gasteiger partial charge in [0.05, 0.1) is 19.1 Å². The van der Waals surface area contributed by atoms with Crippen LogP contribution < -0.4 is 15.4 Å². The van der Waals surface area contributed by atoms with Crippen LogP contribution in [0, 0.1) is 15.9 Å². The lowest BCUT2D eigenvalue weighted by atomic mass is 10.0. The van der Waals surface area contributed by atoms with E-state index < -0.39 is 40.6 Å². The molecule has 0 saturated heterocycles. The fraction of sp³-hybridized carbons (Fsp3) is 0.318. The highest BCUT2D eigenvalue weighted by atomic mass is 19.1. The topological polar surface area (TPSA) is 137 Å².